The van der Waals surface area contributed by atoms with Gasteiger partial charge < -0.3 is 0 Å². The predicted octanol–water partition coefficient (Wildman–Crippen LogP) is 4.80. The van der Waals surface area contributed by atoms with Crippen LogP contribution < -0.4 is 0 Å². The number of benzene rings is 1. The summed E-state index contributed by atoms with van der Waals surface area (Å²) in [5.41, 5.74) is 1.98. The highest BCUT2D eigenvalue weighted by Crippen LogP contribution is 2.35. The maximum Gasteiger partial charge on any atom is 0.416 e. The predicted molar refractivity (Wildman–Crippen MR) is 63.0 cm³/mol. The van der Waals surface area contributed by atoms with Crippen LogP contribution in [-0.4, -0.2) is 5.38 Å². The number of rotatable bonds is 1. The minimum Gasteiger partial charge on any atom is -0.166 e. The van der Waals surface area contributed by atoms with Gasteiger partial charge in [-0.15, -0.1) is 11.6 Å². The molecule has 0 fully saturated rings. The van der Waals surface area contributed by atoms with E-state index in [2.05, 4.69) is 0 Å². The van der Waals surface area contributed by atoms with Crippen molar-refractivity contribution in [3.8, 4) is 0 Å². The van der Waals surface area contributed by atoms with Gasteiger partial charge in [0.25, 0.3) is 0 Å². The van der Waals surface area contributed by atoms with Crippen molar-refractivity contribution in [2.24, 2.45) is 0 Å². The summed E-state index contributed by atoms with van der Waals surface area (Å²) in [6, 6.07) is 3.86. The molecule has 1 unspecified atom stereocenters. The monoisotopic (exact) mass is 260 g/mol. The van der Waals surface area contributed by atoms with E-state index in [0.717, 1.165) is 30.0 Å². The van der Waals surface area contributed by atoms with E-state index >= 15 is 0 Å². The summed E-state index contributed by atoms with van der Waals surface area (Å²) < 4.78 is 37.5. The SMILES string of the molecule is Cc1cc(C(F)(F)F)ccc1C1=CC(Cl)CC1. The standard InChI is InChI=1S/C13H12ClF3/c1-8-6-10(13(15,16)17)3-5-12(8)9-2-4-11(14)7-9/h3,5-7,11H,2,4H2,1H3. The molecule has 1 atom stereocenters. The van der Waals surface area contributed by atoms with Gasteiger partial charge in [0.15, 0.2) is 0 Å². The summed E-state index contributed by atoms with van der Waals surface area (Å²) in [6.07, 6.45) is -0.656. The van der Waals surface area contributed by atoms with Gasteiger partial charge in [0.1, 0.15) is 0 Å². The smallest absolute Gasteiger partial charge is 0.166 e. The molecule has 0 radical (unpaired) electrons. The molecule has 1 aromatic rings. The molecule has 4 heteroatoms. The first kappa shape index (κ1) is 12.5. The molecular formula is C13H12ClF3. The zero-order chi connectivity index (χ0) is 12.6. The third-order valence-corrected chi connectivity index (χ3v) is 3.32. The summed E-state index contributed by atoms with van der Waals surface area (Å²) in [7, 11) is 0. The molecule has 0 aromatic heterocycles. The van der Waals surface area contributed by atoms with Crippen molar-refractivity contribution < 1.29 is 13.2 Å². The number of aryl methyl sites for hydroxylation is 1. The van der Waals surface area contributed by atoms with Crippen LogP contribution in [0.4, 0.5) is 13.2 Å². The molecule has 2 rings (SSSR count). The van der Waals surface area contributed by atoms with Crippen LogP contribution in [-0.2, 0) is 6.18 Å². The van der Waals surface area contributed by atoms with Crippen molar-refractivity contribution in [2.45, 2.75) is 31.3 Å². The fourth-order valence-corrected chi connectivity index (χ4v) is 2.36. The first-order chi connectivity index (χ1) is 7.88. The number of hydrogen-bond donors (Lipinski definition) is 0. The van der Waals surface area contributed by atoms with Crippen LogP contribution in [0.5, 0.6) is 0 Å². The number of halogens is 4. The van der Waals surface area contributed by atoms with Gasteiger partial charge in [-0.25, -0.2) is 0 Å². The molecule has 17 heavy (non-hydrogen) atoms. The van der Waals surface area contributed by atoms with Crippen LogP contribution in [0.3, 0.4) is 0 Å². The second kappa shape index (κ2) is 4.37. The topological polar surface area (TPSA) is 0 Å². The van der Waals surface area contributed by atoms with E-state index in [1.54, 1.807) is 13.0 Å². The Bertz CT molecular complexity index is 460. The average molecular weight is 261 g/mol. The molecule has 0 amide bonds. The summed E-state index contributed by atoms with van der Waals surface area (Å²) in [5.74, 6) is 0. The quantitative estimate of drug-likeness (QED) is 0.637. The van der Waals surface area contributed by atoms with Gasteiger partial charge >= 0.3 is 6.18 Å². The van der Waals surface area contributed by atoms with Gasteiger partial charge in [-0.1, -0.05) is 12.1 Å². The minimum atomic E-state index is -4.28. The van der Waals surface area contributed by atoms with Crippen molar-refractivity contribution in [3.63, 3.8) is 0 Å². The summed E-state index contributed by atoms with van der Waals surface area (Å²) in [6.45, 7) is 1.70. The maximum atomic E-state index is 12.5. The van der Waals surface area contributed by atoms with Gasteiger partial charge in [-0.3, -0.25) is 0 Å². The highest BCUT2D eigenvalue weighted by molar-refractivity contribution is 6.22. The lowest BCUT2D eigenvalue weighted by molar-refractivity contribution is -0.137. The van der Waals surface area contributed by atoms with Gasteiger partial charge in [-0.05, 0) is 48.6 Å². The first-order valence-corrected chi connectivity index (χ1v) is 5.84. The lowest BCUT2D eigenvalue weighted by atomic mass is 9.98. The average Bonchev–Trinajstić information content (AvgIpc) is 2.63. The van der Waals surface area contributed by atoms with E-state index in [-0.39, 0.29) is 5.38 Å². The number of alkyl halides is 4. The van der Waals surface area contributed by atoms with Crippen LogP contribution in [0.15, 0.2) is 24.3 Å². The minimum absolute atomic E-state index is 0.00620. The normalized spacial score (nSPS) is 20.5. The fourth-order valence-electron chi connectivity index (χ4n) is 2.10. The Labute approximate surface area is 103 Å². The molecule has 1 aromatic carbocycles. The van der Waals surface area contributed by atoms with E-state index in [1.807, 2.05) is 6.08 Å². The first-order valence-electron chi connectivity index (χ1n) is 5.41. The van der Waals surface area contributed by atoms with Crippen LogP contribution in [0, 0.1) is 6.92 Å². The highest BCUT2D eigenvalue weighted by Gasteiger charge is 2.30. The van der Waals surface area contributed by atoms with Crippen molar-refractivity contribution in [3.05, 3.63) is 41.0 Å². The zero-order valence-electron chi connectivity index (χ0n) is 9.31. The zero-order valence-corrected chi connectivity index (χ0v) is 10.1. The van der Waals surface area contributed by atoms with Crippen LogP contribution in [0.1, 0.15) is 29.5 Å². The van der Waals surface area contributed by atoms with Crippen LogP contribution >= 0.6 is 11.6 Å². The Hall–Kier alpha value is -0.960. The Kier molecular flexibility index (Phi) is 3.21. The molecule has 0 N–H and O–H groups in total. The van der Waals surface area contributed by atoms with E-state index < -0.39 is 11.7 Å². The Morgan fingerprint density at radius 2 is 2.00 bits per heavy atom. The van der Waals surface area contributed by atoms with Crippen molar-refractivity contribution in [1.29, 1.82) is 0 Å². The molecule has 0 heterocycles. The molecule has 1 aliphatic rings. The lowest BCUT2D eigenvalue weighted by Gasteiger charge is -2.11. The molecule has 0 saturated carbocycles. The Balaban J connectivity index is 2.36. The molecule has 92 valence electrons. The van der Waals surface area contributed by atoms with Crippen molar-refractivity contribution >= 4 is 17.2 Å². The second-order valence-corrected chi connectivity index (χ2v) is 4.83. The molecular weight excluding hydrogens is 249 g/mol. The van der Waals surface area contributed by atoms with Crippen LogP contribution in [0.2, 0.25) is 0 Å². The molecule has 0 saturated heterocycles. The number of allylic oxidation sites excluding steroid dienone is 2. The lowest BCUT2D eigenvalue weighted by Crippen LogP contribution is -2.05. The molecule has 1 aliphatic carbocycles. The fraction of sp³-hybridized carbons (Fsp3) is 0.385. The van der Waals surface area contributed by atoms with Gasteiger partial charge in [0.2, 0.25) is 0 Å². The Morgan fingerprint density at radius 3 is 2.47 bits per heavy atom. The maximum absolute atomic E-state index is 12.5. The summed E-state index contributed by atoms with van der Waals surface area (Å²) in [5, 5.41) is 0.00620. The number of hydrogen-bond acceptors (Lipinski definition) is 0. The summed E-state index contributed by atoms with van der Waals surface area (Å²) in [4.78, 5) is 0. The third-order valence-electron chi connectivity index (χ3n) is 2.97. The van der Waals surface area contributed by atoms with Gasteiger partial charge in [0, 0.05) is 0 Å². The van der Waals surface area contributed by atoms with E-state index in [1.165, 1.54) is 6.07 Å². The van der Waals surface area contributed by atoms with Crippen molar-refractivity contribution in [2.75, 3.05) is 0 Å². The van der Waals surface area contributed by atoms with Gasteiger partial charge in [-0.2, -0.15) is 13.2 Å². The van der Waals surface area contributed by atoms with Crippen LogP contribution in [0.25, 0.3) is 5.57 Å². The largest absolute Gasteiger partial charge is 0.416 e. The van der Waals surface area contributed by atoms with Crippen molar-refractivity contribution in [1.82, 2.24) is 0 Å². The second-order valence-electron chi connectivity index (χ2n) is 4.27. The Morgan fingerprint density at radius 1 is 1.29 bits per heavy atom. The highest BCUT2D eigenvalue weighted by atomic mass is 35.5. The molecule has 0 spiro atoms. The van der Waals surface area contributed by atoms with E-state index in [9.17, 15) is 13.2 Å². The molecule has 0 bridgehead atoms. The molecule has 0 aliphatic heterocycles. The molecule has 0 nitrogen and oxygen atoms in total. The summed E-state index contributed by atoms with van der Waals surface area (Å²) >= 11 is 5.96. The van der Waals surface area contributed by atoms with Gasteiger partial charge in [0.05, 0.1) is 10.9 Å². The van der Waals surface area contributed by atoms with E-state index in [0.29, 0.717) is 5.56 Å². The third kappa shape index (κ3) is 2.65. The van der Waals surface area contributed by atoms with E-state index in [4.69, 9.17) is 11.6 Å².